The van der Waals surface area contributed by atoms with Gasteiger partial charge < -0.3 is 10.2 Å². The summed E-state index contributed by atoms with van der Waals surface area (Å²) in [6, 6.07) is 17.2. The Morgan fingerprint density at radius 2 is 1.96 bits per heavy atom. The van der Waals surface area contributed by atoms with Crippen LogP contribution in [0.15, 0.2) is 54.6 Å². The predicted molar refractivity (Wildman–Crippen MR) is 91.4 cm³/mol. The number of nitrogens with one attached hydrogen (secondary N) is 1. The molecule has 1 N–H and O–H groups in total. The molecule has 0 aromatic heterocycles. The molecule has 0 saturated carbocycles. The molecule has 0 spiro atoms. The van der Waals surface area contributed by atoms with Crippen LogP contribution in [0.3, 0.4) is 0 Å². The molecule has 0 unspecified atom stereocenters. The zero-order valence-corrected chi connectivity index (χ0v) is 13.2. The summed E-state index contributed by atoms with van der Waals surface area (Å²) in [5.41, 5.74) is 2.76. The number of rotatable bonds is 4. The molecule has 4 nitrogen and oxygen atoms in total. The molecule has 118 valence electrons. The first-order valence-electron chi connectivity index (χ1n) is 7.95. The maximum atomic E-state index is 12.5. The monoisotopic (exact) mass is 308 g/mol. The summed E-state index contributed by atoms with van der Waals surface area (Å²) in [6.07, 6.45) is 1.46. The summed E-state index contributed by atoms with van der Waals surface area (Å²) in [4.78, 5) is 26.7. The predicted octanol–water partition coefficient (Wildman–Crippen LogP) is 3.24. The van der Waals surface area contributed by atoms with Crippen molar-refractivity contribution < 1.29 is 9.59 Å². The first-order chi connectivity index (χ1) is 11.2. The van der Waals surface area contributed by atoms with E-state index in [9.17, 15) is 9.59 Å². The maximum Gasteiger partial charge on any atom is 0.239 e. The number of nitrogens with zero attached hydrogens (tertiary/aromatic N) is 1. The van der Waals surface area contributed by atoms with Crippen LogP contribution in [0.1, 0.15) is 18.9 Å². The highest BCUT2D eigenvalue weighted by atomic mass is 16.2. The van der Waals surface area contributed by atoms with Crippen molar-refractivity contribution in [1.29, 1.82) is 0 Å². The van der Waals surface area contributed by atoms with Crippen LogP contribution in [0.5, 0.6) is 0 Å². The molecule has 0 bridgehead atoms. The average molecular weight is 308 g/mol. The number of para-hydroxylation sites is 1. The minimum absolute atomic E-state index is 0.125. The van der Waals surface area contributed by atoms with Crippen LogP contribution < -0.4 is 10.2 Å². The zero-order valence-electron chi connectivity index (χ0n) is 13.2. The topological polar surface area (TPSA) is 49.4 Å². The van der Waals surface area contributed by atoms with E-state index in [1.54, 1.807) is 4.90 Å². The number of hydrogen-bond donors (Lipinski definition) is 1. The number of hydrogen-bond acceptors (Lipinski definition) is 2. The van der Waals surface area contributed by atoms with E-state index in [4.69, 9.17) is 0 Å². The van der Waals surface area contributed by atoms with Gasteiger partial charge in [0.05, 0.1) is 0 Å². The first kappa shape index (κ1) is 15.3. The second kappa shape index (κ2) is 6.65. The van der Waals surface area contributed by atoms with Crippen molar-refractivity contribution in [3.63, 3.8) is 0 Å². The lowest BCUT2D eigenvalue weighted by molar-refractivity contribution is -0.129. The van der Waals surface area contributed by atoms with E-state index in [0.29, 0.717) is 13.0 Å². The highest BCUT2D eigenvalue weighted by Gasteiger charge is 2.37. The van der Waals surface area contributed by atoms with Crippen molar-refractivity contribution >= 4 is 23.2 Å². The molecule has 1 aliphatic heterocycles. The first-order valence-corrected chi connectivity index (χ1v) is 7.95. The van der Waals surface area contributed by atoms with Crippen LogP contribution in [0.4, 0.5) is 11.4 Å². The van der Waals surface area contributed by atoms with Gasteiger partial charge in [-0.25, -0.2) is 0 Å². The van der Waals surface area contributed by atoms with Crippen LogP contribution >= 0.6 is 0 Å². The van der Waals surface area contributed by atoms with Crippen molar-refractivity contribution in [2.75, 3.05) is 16.8 Å². The van der Waals surface area contributed by atoms with Crippen molar-refractivity contribution in [2.45, 2.75) is 19.8 Å². The van der Waals surface area contributed by atoms with Gasteiger partial charge in [-0.1, -0.05) is 37.3 Å². The van der Waals surface area contributed by atoms with Crippen molar-refractivity contribution in [3.8, 4) is 0 Å². The summed E-state index contributed by atoms with van der Waals surface area (Å²) < 4.78 is 0. The lowest BCUT2D eigenvalue weighted by Crippen LogP contribution is -2.33. The molecule has 2 aromatic carbocycles. The van der Waals surface area contributed by atoms with Gasteiger partial charge in [0.25, 0.3) is 0 Å². The quantitative estimate of drug-likeness (QED) is 0.882. The Balaban J connectivity index is 1.70. The van der Waals surface area contributed by atoms with Gasteiger partial charge in [-0.05, 0) is 42.7 Å². The zero-order chi connectivity index (χ0) is 16.2. The lowest BCUT2D eigenvalue weighted by atomic mass is 10.1. The van der Waals surface area contributed by atoms with Crippen LogP contribution in [-0.2, 0) is 16.0 Å². The Morgan fingerprint density at radius 1 is 1.17 bits per heavy atom. The molecule has 2 aromatic rings. The second-order valence-corrected chi connectivity index (χ2v) is 5.71. The van der Waals surface area contributed by atoms with Gasteiger partial charge in [0, 0.05) is 17.9 Å². The molecule has 3 rings (SSSR count). The third-order valence-corrected chi connectivity index (χ3v) is 4.19. The number of carbonyl (C=O) groups is 2. The van der Waals surface area contributed by atoms with Gasteiger partial charge in [0.2, 0.25) is 11.8 Å². The normalized spacial score (nSPS) is 17.3. The highest BCUT2D eigenvalue weighted by Crippen LogP contribution is 2.26. The Hall–Kier alpha value is -2.62. The smallest absolute Gasteiger partial charge is 0.239 e. The SMILES string of the molecule is CCc1cccc(NC(=O)[C@H]2CCN(c3ccccc3)C2=O)c1. The van der Waals surface area contributed by atoms with E-state index in [1.165, 1.54) is 0 Å². The van der Waals surface area contributed by atoms with Gasteiger partial charge in [0.1, 0.15) is 5.92 Å². The van der Waals surface area contributed by atoms with Crippen molar-refractivity contribution in [1.82, 2.24) is 0 Å². The molecule has 1 aliphatic rings. The minimum Gasteiger partial charge on any atom is -0.325 e. The third kappa shape index (κ3) is 3.26. The maximum absolute atomic E-state index is 12.5. The molecule has 1 saturated heterocycles. The molecular weight excluding hydrogens is 288 g/mol. The minimum atomic E-state index is -0.611. The number of anilines is 2. The molecule has 0 aliphatic carbocycles. The molecule has 1 atom stereocenters. The molecule has 4 heteroatoms. The summed E-state index contributed by atoms with van der Waals surface area (Å²) in [6.45, 7) is 2.65. The van der Waals surface area contributed by atoms with E-state index in [0.717, 1.165) is 23.4 Å². The van der Waals surface area contributed by atoms with E-state index >= 15 is 0 Å². The number of benzene rings is 2. The second-order valence-electron chi connectivity index (χ2n) is 5.71. The fourth-order valence-corrected chi connectivity index (χ4v) is 2.89. The number of aryl methyl sites for hydroxylation is 1. The summed E-state index contributed by atoms with van der Waals surface area (Å²) in [5, 5.41) is 2.87. The highest BCUT2D eigenvalue weighted by molar-refractivity contribution is 6.13. The van der Waals surface area contributed by atoms with Crippen LogP contribution in [0, 0.1) is 5.92 Å². The van der Waals surface area contributed by atoms with E-state index in [-0.39, 0.29) is 11.8 Å². The molecular formula is C19H20N2O2. The van der Waals surface area contributed by atoms with E-state index < -0.39 is 5.92 Å². The molecule has 1 fully saturated rings. The average Bonchev–Trinajstić information content (AvgIpc) is 2.97. The van der Waals surface area contributed by atoms with Gasteiger partial charge in [-0.2, -0.15) is 0 Å². The van der Waals surface area contributed by atoms with Gasteiger partial charge in [-0.3, -0.25) is 9.59 Å². The molecule has 23 heavy (non-hydrogen) atoms. The number of amides is 2. The summed E-state index contributed by atoms with van der Waals surface area (Å²) >= 11 is 0. The molecule has 0 radical (unpaired) electrons. The molecule has 2 amide bonds. The Labute approximate surface area is 136 Å². The standard InChI is InChI=1S/C19H20N2O2/c1-2-14-7-6-8-15(13-14)20-18(22)17-11-12-21(19(17)23)16-9-4-3-5-10-16/h3-10,13,17H,2,11-12H2,1H3,(H,20,22)/t17-/m1/s1. The van der Waals surface area contributed by atoms with Crippen LogP contribution in [0.25, 0.3) is 0 Å². The van der Waals surface area contributed by atoms with E-state index in [1.807, 2.05) is 54.6 Å². The van der Waals surface area contributed by atoms with Crippen molar-refractivity contribution in [3.05, 3.63) is 60.2 Å². The molecule has 1 heterocycles. The Bertz CT molecular complexity index is 712. The Morgan fingerprint density at radius 3 is 2.70 bits per heavy atom. The van der Waals surface area contributed by atoms with E-state index in [2.05, 4.69) is 12.2 Å². The largest absolute Gasteiger partial charge is 0.325 e. The van der Waals surface area contributed by atoms with Gasteiger partial charge >= 0.3 is 0 Å². The van der Waals surface area contributed by atoms with Crippen LogP contribution in [-0.4, -0.2) is 18.4 Å². The van der Waals surface area contributed by atoms with Gasteiger partial charge in [-0.15, -0.1) is 0 Å². The summed E-state index contributed by atoms with van der Waals surface area (Å²) in [7, 11) is 0. The van der Waals surface area contributed by atoms with Gasteiger partial charge in [0.15, 0.2) is 0 Å². The lowest BCUT2D eigenvalue weighted by Gasteiger charge is -2.16. The number of carbonyl (C=O) groups excluding carboxylic acids is 2. The fourth-order valence-electron chi connectivity index (χ4n) is 2.89. The van der Waals surface area contributed by atoms with Crippen LogP contribution in [0.2, 0.25) is 0 Å². The Kier molecular flexibility index (Phi) is 4.42. The summed E-state index contributed by atoms with van der Waals surface area (Å²) in [5.74, 6) is -0.956. The fraction of sp³-hybridized carbons (Fsp3) is 0.263. The van der Waals surface area contributed by atoms with Crippen molar-refractivity contribution in [2.24, 2.45) is 5.92 Å². The third-order valence-electron chi connectivity index (χ3n) is 4.19.